The van der Waals surface area contributed by atoms with E-state index in [1.165, 1.54) is 36.4 Å². The van der Waals surface area contributed by atoms with Gasteiger partial charge in [0.2, 0.25) is 0 Å². The fraction of sp³-hybridized carbons (Fsp3) is 0.100. The number of alkyl halides is 3. The Labute approximate surface area is 194 Å². The second kappa shape index (κ2) is 9.88. The molecule has 8 nitrogen and oxygen atoms in total. The number of hydrogen-bond donors (Lipinski definition) is 3. The largest absolute Gasteiger partial charge is 0.457 e. The Morgan fingerprint density at radius 2 is 1.67 bits per heavy atom. The highest BCUT2D eigenvalue weighted by atomic mass is 35.5. The van der Waals surface area contributed by atoms with Crippen LogP contribution in [0.1, 0.15) is 16.8 Å². The number of carbonyl (C=O) groups excluding carboxylic acids is 2. The first-order chi connectivity index (χ1) is 15.5. The smallest absolute Gasteiger partial charge is 0.416 e. The average Bonchev–Trinajstić information content (AvgIpc) is 3.06. The molecule has 2 aromatic carbocycles. The van der Waals surface area contributed by atoms with Crippen LogP contribution in [0.25, 0.3) is 0 Å². The van der Waals surface area contributed by atoms with E-state index in [0.717, 1.165) is 23.7 Å². The van der Waals surface area contributed by atoms with Crippen molar-refractivity contribution in [3.63, 3.8) is 0 Å². The van der Waals surface area contributed by atoms with Crippen LogP contribution >= 0.6 is 23.1 Å². The van der Waals surface area contributed by atoms with Crippen molar-refractivity contribution in [2.24, 2.45) is 10.8 Å². The predicted molar refractivity (Wildman–Crippen MR) is 118 cm³/mol. The van der Waals surface area contributed by atoms with E-state index in [1.54, 1.807) is 6.92 Å². The molecule has 3 aromatic rings. The third-order valence-electron chi connectivity index (χ3n) is 4.06. The molecule has 1 aromatic heterocycles. The number of hydrogen-bond acceptors (Lipinski definition) is 6. The molecule has 13 heteroatoms. The normalized spacial score (nSPS) is 11.7. The highest BCUT2D eigenvalue weighted by Crippen LogP contribution is 2.32. The minimum Gasteiger partial charge on any atom is -0.457 e. The molecular weight excluding hydrogens is 483 g/mol. The van der Waals surface area contributed by atoms with Crippen LogP contribution < -0.4 is 21.2 Å². The number of aromatic nitrogens is 1. The SMILES string of the molecule is Cc1nsc(NC(=O)/C(=N/NC(N)=O)c2ccc(Oc3ccc(C(F)(F)F)cc3)cc2)c1Cl. The van der Waals surface area contributed by atoms with Crippen LogP contribution in [0.4, 0.5) is 23.0 Å². The Morgan fingerprint density at radius 1 is 1.09 bits per heavy atom. The van der Waals surface area contributed by atoms with Crippen molar-refractivity contribution in [1.82, 2.24) is 9.80 Å². The number of rotatable bonds is 6. The third-order valence-corrected chi connectivity index (χ3v) is 5.48. The molecule has 3 amide bonds. The maximum atomic E-state index is 12.7. The number of ether oxygens (including phenoxy) is 1. The monoisotopic (exact) mass is 497 g/mol. The van der Waals surface area contributed by atoms with E-state index in [1.807, 2.05) is 5.43 Å². The van der Waals surface area contributed by atoms with E-state index < -0.39 is 23.7 Å². The molecule has 0 radical (unpaired) electrons. The lowest BCUT2D eigenvalue weighted by Crippen LogP contribution is -2.30. The number of primary amides is 1. The minimum atomic E-state index is -4.45. The number of benzene rings is 2. The van der Waals surface area contributed by atoms with Crippen LogP contribution in [-0.4, -0.2) is 22.0 Å². The first-order valence-electron chi connectivity index (χ1n) is 9.06. The number of anilines is 1. The van der Waals surface area contributed by atoms with Gasteiger partial charge >= 0.3 is 12.2 Å². The van der Waals surface area contributed by atoms with Crippen molar-refractivity contribution >= 4 is 45.8 Å². The van der Waals surface area contributed by atoms with Gasteiger partial charge in [-0.1, -0.05) is 11.6 Å². The molecule has 33 heavy (non-hydrogen) atoms. The van der Waals surface area contributed by atoms with Crippen LogP contribution in [0.3, 0.4) is 0 Å². The van der Waals surface area contributed by atoms with Crippen LogP contribution in [0.2, 0.25) is 5.02 Å². The Hall–Kier alpha value is -3.64. The summed E-state index contributed by atoms with van der Waals surface area (Å²) in [5.41, 5.74) is 6.89. The van der Waals surface area contributed by atoms with Gasteiger partial charge in [0.1, 0.15) is 16.5 Å². The van der Waals surface area contributed by atoms with Gasteiger partial charge in [0.05, 0.1) is 16.3 Å². The summed E-state index contributed by atoms with van der Waals surface area (Å²) >= 11 is 7.06. The molecule has 0 fully saturated rings. The van der Waals surface area contributed by atoms with E-state index in [2.05, 4.69) is 14.8 Å². The van der Waals surface area contributed by atoms with E-state index in [-0.39, 0.29) is 16.5 Å². The van der Waals surface area contributed by atoms with Gasteiger partial charge in [0, 0.05) is 5.56 Å². The molecular formula is C20H15ClF3N5O3S. The number of nitrogens with one attached hydrogen (secondary N) is 2. The number of urea groups is 1. The first kappa shape index (κ1) is 24.0. The lowest BCUT2D eigenvalue weighted by molar-refractivity contribution is -0.137. The Morgan fingerprint density at radius 3 is 2.15 bits per heavy atom. The summed E-state index contributed by atoms with van der Waals surface area (Å²) in [6.07, 6.45) is -4.45. The van der Waals surface area contributed by atoms with Crippen LogP contribution in [-0.2, 0) is 11.0 Å². The standard InChI is InChI=1S/C20H15ClF3N5O3S/c1-10-15(21)18(33-29-10)26-17(30)16(27-28-19(25)31)11-2-6-13(7-3-11)32-14-8-4-12(5-9-14)20(22,23)24/h2-9H,1H3,(H,26,30)(H3,25,28,31)/b27-16+. The van der Waals surface area contributed by atoms with Crippen molar-refractivity contribution in [1.29, 1.82) is 0 Å². The Balaban J connectivity index is 1.79. The molecule has 0 aliphatic rings. The van der Waals surface area contributed by atoms with E-state index in [4.69, 9.17) is 22.1 Å². The molecule has 0 bridgehead atoms. The Kier molecular flexibility index (Phi) is 7.19. The number of amides is 3. The summed E-state index contributed by atoms with van der Waals surface area (Å²) in [5, 5.41) is 6.88. The lowest BCUT2D eigenvalue weighted by Gasteiger charge is -2.10. The molecule has 0 spiro atoms. The number of halogens is 4. The highest BCUT2D eigenvalue weighted by Gasteiger charge is 2.30. The molecule has 0 atom stereocenters. The number of aryl methyl sites for hydroxylation is 1. The maximum absolute atomic E-state index is 12.7. The zero-order valence-corrected chi connectivity index (χ0v) is 18.3. The zero-order chi connectivity index (χ0) is 24.2. The van der Waals surface area contributed by atoms with Crippen molar-refractivity contribution in [2.75, 3.05) is 5.32 Å². The zero-order valence-electron chi connectivity index (χ0n) is 16.7. The van der Waals surface area contributed by atoms with Gasteiger partial charge in [-0.2, -0.15) is 22.6 Å². The fourth-order valence-electron chi connectivity index (χ4n) is 2.48. The van der Waals surface area contributed by atoms with Gasteiger partial charge in [-0.15, -0.1) is 0 Å². The topological polar surface area (TPSA) is 119 Å². The highest BCUT2D eigenvalue weighted by molar-refractivity contribution is 7.11. The molecule has 0 saturated carbocycles. The quantitative estimate of drug-likeness (QED) is 0.330. The van der Waals surface area contributed by atoms with Gasteiger partial charge in [-0.05, 0) is 67.0 Å². The molecule has 0 saturated heterocycles. The Bertz CT molecular complexity index is 1200. The third kappa shape index (κ3) is 6.20. The van der Waals surface area contributed by atoms with Crippen molar-refractivity contribution in [2.45, 2.75) is 13.1 Å². The summed E-state index contributed by atoms with van der Waals surface area (Å²) < 4.78 is 47.6. The molecule has 1 heterocycles. The van der Waals surface area contributed by atoms with Gasteiger partial charge in [0.25, 0.3) is 5.91 Å². The van der Waals surface area contributed by atoms with Gasteiger partial charge in [-0.25, -0.2) is 10.2 Å². The summed E-state index contributed by atoms with van der Waals surface area (Å²) in [6, 6.07) is 9.10. The predicted octanol–water partition coefficient (Wildman–Crippen LogP) is 4.93. The van der Waals surface area contributed by atoms with E-state index in [0.29, 0.717) is 22.0 Å². The average molecular weight is 498 g/mol. The van der Waals surface area contributed by atoms with E-state index >= 15 is 0 Å². The maximum Gasteiger partial charge on any atom is 0.416 e. The summed E-state index contributed by atoms with van der Waals surface area (Å²) in [6.45, 7) is 1.67. The molecule has 3 rings (SSSR count). The summed E-state index contributed by atoms with van der Waals surface area (Å²) in [5.74, 6) is -0.207. The van der Waals surface area contributed by atoms with E-state index in [9.17, 15) is 22.8 Å². The van der Waals surface area contributed by atoms with Crippen LogP contribution in [0, 0.1) is 6.92 Å². The summed E-state index contributed by atoms with van der Waals surface area (Å²) in [7, 11) is 0. The molecule has 0 aliphatic carbocycles. The number of carbonyl (C=O) groups is 2. The summed E-state index contributed by atoms with van der Waals surface area (Å²) in [4.78, 5) is 23.8. The minimum absolute atomic E-state index is 0.183. The molecule has 0 aliphatic heterocycles. The number of hydrazone groups is 1. The number of nitrogens with two attached hydrogens (primary N) is 1. The number of nitrogens with zero attached hydrogens (tertiary/aromatic N) is 2. The molecule has 172 valence electrons. The van der Waals surface area contributed by atoms with Crippen molar-refractivity contribution in [3.05, 3.63) is 70.4 Å². The van der Waals surface area contributed by atoms with Crippen molar-refractivity contribution < 1.29 is 27.5 Å². The van der Waals surface area contributed by atoms with Gasteiger partial charge in [0.15, 0.2) is 5.71 Å². The molecule has 4 N–H and O–H groups in total. The van der Waals surface area contributed by atoms with Gasteiger partial charge < -0.3 is 15.8 Å². The van der Waals surface area contributed by atoms with Crippen LogP contribution in [0.15, 0.2) is 53.6 Å². The first-order valence-corrected chi connectivity index (χ1v) is 10.2. The second-order valence-corrected chi connectivity index (χ2v) is 7.60. The fourth-order valence-corrected chi connectivity index (χ4v) is 3.41. The molecule has 0 unspecified atom stereocenters. The lowest BCUT2D eigenvalue weighted by atomic mass is 10.1. The second-order valence-electron chi connectivity index (χ2n) is 6.45. The van der Waals surface area contributed by atoms with Gasteiger partial charge in [-0.3, -0.25) is 4.79 Å². The van der Waals surface area contributed by atoms with Crippen molar-refractivity contribution in [3.8, 4) is 11.5 Å². The van der Waals surface area contributed by atoms with Crippen LogP contribution in [0.5, 0.6) is 11.5 Å².